The number of carbonyl (C=O) groups is 1. The number of hydrazine groups is 1. The predicted molar refractivity (Wildman–Crippen MR) is 67.8 cm³/mol. The van der Waals surface area contributed by atoms with Crippen molar-refractivity contribution in [3.8, 4) is 0 Å². The fourth-order valence-corrected chi connectivity index (χ4v) is 2.19. The van der Waals surface area contributed by atoms with E-state index in [2.05, 4.69) is 10.4 Å². The molecule has 4 N–H and O–H groups in total. The van der Waals surface area contributed by atoms with Crippen molar-refractivity contribution in [1.82, 2.24) is 9.88 Å². The topological polar surface area (TPSA) is 91.5 Å². The molecule has 0 spiro atoms. The highest BCUT2D eigenvalue weighted by Crippen LogP contribution is 2.18. The van der Waals surface area contributed by atoms with Gasteiger partial charge >= 0.3 is 0 Å². The van der Waals surface area contributed by atoms with Gasteiger partial charge in [-0.2, -0.15) is 0 Å². The van der Waals surface area contributed by atoms with E-state index in [1.165, 1.54) is 6.20 Å². The number of likely N-dealkylation sites (tertiary alicyclic amines) is 1. The number of nitrogen functional groups attached to an aromatic ring is 1. The third kappa shape index (κ3) is 2.77. The molecule has 0 radical (unpaired) electrons. The monoisotopic (exact) mass is 250 g/mol. The van der Waals surface area contributed by atoms with Crippen LogP contribution in [0.3, 0.4) is 0 Å². The zero-order valence-corrected chi connectivity index (χ0v) is 10.2. The largest absolute Gasteiger partial charge is 0.396 e. The molecule has 2 rings (SSSR count). The van der Waals surface area contributed by atoms with E-state index in [1.807, 2.05) is 0 Å². The second-order valence-corrected chi connectivity index (χ2v) is 4.52. The molecule has 1 aromatic rings. The van der Waals surface area contributed by atoms with Gasteiger partial charge in [-0.15, -0.1) is 0 Å². The highest BCUT2D eigenvalue weighted by molar-refractivity contribution is 5.94. The molecule has 18 heavy (non-hydrogen) atoms. The van der Waals surface area contributed by atoms with Gasteiger partial charge in [0.25, 0.3) is 5.91 Å². The number of aliphatic hydroxyl groups is 1. The zero-order chi connectivity index (χ0) is 13.0. The lowest BCUT2D eigenvalue weighted by atomic mass is 9.98. The molecule has 1 saturated heterocycles. The number of nitrogens with one attached hydrogen (secondary N) is 1. The number of pyridine rings is 1. The van der Waals surface area contributed by atoms with Crippen molar-refractivity contribution in [3.05, 3.63) is 23.9 Å². The third-order valence-electron chi connectivity index (χ3n) is 3.22. The number of hydrogen-bond donors (Lipinski definition) is 3. The minimum absolute atomic E-state index is 0.0378. The Balaban J connectivity index is 2.05. The van der Waals surface area contributed by atoms with Crippen molar-refractivity contribution in [1.29, 1.82) is 0 Å². The number of rotatable bonds is 3. The lowest BCUT2D eigenvalue weighted by Crippen LogP contribution is -2.41. The normalized spacial score (nSPS) is 19.7. The molecule has 1 unspecified atom stereocenters. The molecule has 0 bridgehead atoms. The molecule has 2 heterocycles. The molecule has 1 aliphatic heterocycles. The quantitative estimate of drug-likeness (QED) is 0.527. The van der Waals surface area contributed by atoms with Crippen LogP contribution in [0.5, 0.6) is 0 Å². The fraction of sp³-hybridized carbons (Fsp3) is 0.500. The van der Waals surface area contributed by atoms with Gasteiger partial charge < -0.3 is 15.4 Å². The van der Waals surface area contributed by atoms with E-state index in [0.29, 0.717) is 17.9 Å². The van der Waals surface area contributed by atoms with E-state index in [4.69, 9.17) is 10.9 Å². The van der Waals surface area contributed by atoms with Crippen LogP contribution < -0.4 is 11.3 Å². The lowest BCUT2D eigenvalue weighted by molar-refractivity contribution is 0.0620. The lowest BCUT2D eigenvalue weighted by Gasteiger charge is -2.31. The van der Waals surface area contributed by atoms with Gasteiger partial charge in [-0.25, -0.2) is 10.8 Å². The van der Waals surface area contributed by atoms with Crippen LogP contribution in [-0.2, 0) is 0 Å². The molecule has 1 amide bonds. The Kier molecular flexibility index (Phi) is 4.11. The van der Waals surface area contributed by atoms with Crippen LogP contribution in [0.2, 0.25) is 0 Å². The first kappa shape index (κ1) is 12.8. The van der Waals surface area contributed by atoms with Gasteiger partial charge in [0, 0.05) is 25.9 Å². The standard InChI is InChI=1S/C12H18N4O2/c13-15-11-4-3-10(6-14-11)12(18)16-5-1-2-9(7-16)8-17/h3-4,6,9,17H,1-2,5,7-8,13H2,(H,14,15). The molecule has 0 aliphatic carbocycles. The Morgan fingerprint density at radius 3 is 3.06 bits per heavy atom. The molecular weight excluding hydrogens is 232 g/mol. The number of nitrogens with two attached hydrogens (primary N) is 1. The van der Waals surface area contributed by atoms with Crippen molar-refractivity contribution in [2.75, 3.05) is 25.1 Å². The Morgan fingerprint density at radius 2 is 2.44 bits per heavy atom. The van der Waals surface area contributed by atoms with Crippen LogP contribution >= 0.6 is 0 Å². The summed E-state index contributed by atoms with van der Waals surface area (Å²) in [5.74, 6) is 5.90. The highest BCUT2D eigenvalue weighted by Gasteiger charge is 2.24. The number of anilines is 1. The molecule has 0 saturated carbocycles. The number of hydrogen-bond acceptors (Lipinski definition) is 5. The van der Waals surface area contributed by atoms with Crippen LogP contribution in [0.25, 0.3) is 0 Å². The summed E-state index contributed by atoms with van der Waals surface area (Å²) in [5.41, 5.74) is 2.97. The van der Waals surface area contributed by atoms with Crippen molar-refractivity contribution in [2.24, 2.45) is 11.8 Å². The van der Waals surface area contributed by atoms with Crippen LogP contribution in [0.4, 0.5) is 5.82 Å². The first-order chi connectivity index (χ1) is 8.74. The van der Waals surface area contributed by atoms with Gasteiger partial charge in [0.2, 0.25) is 0 Å². The van der Waals surface area contributed by atoms with Gasteiger partial charge in [-0.1, -0.05) is 0 Å². The van der Waals surface area contributed by atoms with Crippen molar-refractivity contribution >= 4 is 11.7 Å². The van der Waals surface area contributed by atoms with Crippen LogP contribution in [0.1, 0.15) is 23.2 Å². The minimum Gasteiger partial charge on any atom is -0.396 e. The summed E-state index contributed by atoms with van der Waals surface area (Å²) in [5, 5.41) is 9.16. The molecule has 6 heteroatoms. The summed E-state index contributed by atoms with van der Waals surface area (Å²) in [6.07, 6.45) is 3.43. The maximum atomic E-state index is 12.2. The van der Waals surface area contributed by atoms with E-state index in [0.717, 1.165) is 19.4 Å². The van der Waals surface area contributed by atoms with E-state index in [-0.39, 0.29) is 18.4 Å². The molecule has 1 aromatic heterocycles. The zero-order valence-electron chi connectivity index (χ0n) is 10.2. The molecule has 1 aliphatic rings. The number of piperidine rings is 1. The van der Waals surface area contributed by atoms with Gasteiger partial charge in [0.05, 0.1) is 5.56 Å². The Morgan fingerprint density at radius 1 is 1.61 bits per heavy atom. The average molecular weight is 250 g/mol. The number of carbonyl (C=O) groups excluding carboxylic acids is 1. The Labute approximate surface area is 106 Å². The second kappa shape index (κ2) is 5.79. The van der Waals surface area contributed by atoms with E-state index in [9.17, 15) is 4.79 Å². The summed E-state index contributed by atoms with van der Waals surface area (Å²) in [6.45, 7) is 1.50. The Hall–Kier alpha value is -1.66. The van der Waals surface area contributed by atoms with Gasteiger partial charge in [-0.3, -0.25) is 4.79 Å². The molecular formula is C12H18N4O2. The maximum Gasteiger partial charge on any atom is 0.255 e. The molecule has 1 fully saturated rings. The van der Waals surface area contributed by atoms with Crippen LogP contribution in [-0.4, -0.2) is 40.6 Å². The molecule has 1 atom stereocenters. The first-order valence-corrected chi connectivity index (χ1v) is 6.07. The average Bonchev–Trinajstić information content (AvgIpc) is 2.46. The van der Waals surface area contributed by atoms with Crippen LogP contribution in [0.15, 0.2) is 18.3 Å². The smallest absolute Gasteiger partial charge is 0.255 e. The second-order valence-electron chi connectivity index (χ2n) is 4.52. The predicted octanol–water partition coefficient (Wildman–Crippen LogP) is 0.212. The van der Waals surface area contributed by atoms with Crippen molar-refractivity contribution in [2.45, 2.75) is 12.8 Å². The van der Waals surface area contributed by atoms with E-state index < -0.39 is 0 Å². The fourth-order valence-electron chi connectivity index (χ4n) is 2.19. The van der Waals surface area contributed by atoms with Gasteiger partial charge in [0.1, 0.15) is 5.82 Å². The molecule has 0 aromatic carbocycles. The maximum absolute atomic E-state index is 12.2. The highest BCUT2D eigenvalue weighted by atomic mass is 16.3. The summed E-state index contributed by atoms with van der Waals surface area (Å²) >= 11 is 0. The van der Waals surface area contributed by atoms with Crippen molar-refractivity contribution in [3.63, 3.8) is 0 Å². The van der Waals surface area contributed by atoms with Crippen LogP contribution in [0, 0.1) is 5.92 Å². The third-order valence-corrected chi connectivity index (χ3v) is 3.22. The molecule has 98 valence electrons. The Bertz CT molecular complexity index is 407. The minimum atomic E-state index is -0.0378. The number of amides is 1. The summed E-state index contributed by atoms with van der Waals surface area (Å²) in [6, 6.07) is 3.37. The van der Waals surface area contributed by atoms with Gasteiger partial charge in [-0.05, 0) is 30.9 Å². The van der Waals surface area contributed by atoms with Crippen molar-refractivity contribution < 1.29 is 9.90 Å². The number of nitrogens with zero attached hydrogens (tertiary/aromatic N) is 2. The number of aliphatic hydroxyl groups excluding tert-OH is 1. The summed E-state index contributed by atoms with van der Waals surface area (Å²) in [7, 11) is 0. The first-order valence-electron chi connectivity index (χ1n) is 6.07. The van der Waals surface area contributed by atoms with Gasteiger partial charge in [0.15, 0.2) is 0 Å². The summed E-state index contributed by atoms with van der Waals surface area (Å²) < 4.78 is 0. The van der Waals surface area contributed by atoms with E-state index >= 15 is 0 Å². The molecule has 6 nitrogen and oxygen atoms in total. The SMILES string of the molecule is NNc1ccc(C(=O)N2CCCC(CO)C2)cn1. The number of aromatic nitrogens is 1. The summed E-state index contributed by atoms with van der Waals surface area (Å²) in [4.78, 5) is 18.0. The van der Waals surface area contributed by atoms with E-state index in [1.54, 1.807) is 17.0 Å².